The lowest BCUT2D eigenvalue weighted by Crippen LogP contribution is -2.26. The first-order valence-electron chi connectivity index (χ1n) is 8.98. The van der Waals surface area contributed by atoms with Gasteiger partial charge in [0.1, 0.15) is 17.2 Å². The highest BCUT2D eigenvalue weighted by Crippen LogP contribution is 2.11. The maximum Gasteiger partial charge on any atom is 0.274 e. The molecule has 6 heteroatoms. The largest absolute Gasteiger partial charge is 0.351 e. The van der Waals surface area contributed by atoms with Crippen LogP contribution in [0.2, 0.25) is 0 Å². The molecule has 0 unspecified atom stereocenters. The zero-order chi connectivity index (χ0) is 19.8. The number of rotatable bonds is 7. The fourth-order valence-electron chi connectivity index (χ4n) is 2.68. The van der Waals surface area contributed by atoms with Gasteiger partial charge < -0.3 is 10.6 Å². The van der Waals surface area contributed by atoms with Gasteiger partial charge in [0.15, 0.2) is 0 Å². The average Bonchev–Trinajstić information content (AvgIpc) is 2.72. The van der Waals surface area contributed by atoms with Crippen molar-refractivity contribution in [1.82, 2.24) is 10.3 Å². The van der Waals surface area contributed by atoms with E-state index in [1.54, 1.807) is 18.2 Å². The summed E-state index contributed by atoms with van der Waals surface area (Å²) >= 11 is 0. The van der Waals surface area contributed by atoms with Crippen molar-refractivity contribution in [3.8, 4) is 0 Å². The lowest BCUT2D eigenvalue weighted by atomic mass is 10.1. The Morgan fingerprint density at radius 2 is 1.57 bits per heavy atom. The number of aromatic nitrogens is 1. The fraction of sp³-hybridized carbons (Fsp3) is 0.136. The summed E-state index contributed by atoms with van der Waals surface area (Å²) in [5.74, 6) is -1.30. The normalized spacial score (nSPS) is 10.3. The molecule has 0 bridgehead atoms. The van der Waals surface area contributed by atoms with E-state index in [2.05, 4.69) is 15.6 Å². The van der Waals surface area contributed by atoms with Crippen molar-refractivity contribution in [2.45, 2.75) is 12.8 Å². The Morgan fingerprint density at radius 3 is 2.32 bits per heavy atom. The molecule has 1 aromatic heterocycles. The van der Waals surface area contributed by atoms with Gasteiger partial charge in [-0.15, -0.1) is 0 Å². The molecule has 0 saturated heterocycles. The summed E-state index contributed by atoms with van der Waals surface area (Å²) in [5.41, 5.74) is 1.78. The minimum Gasteiger partial charge on any atom is -0.351 e. The van der Waals surface area contributed by atoms with E-state index in [1.165, 1.54) is 29.8 Å². The highest BCUT2D eigenvalue weighted by Gasteiger charge is 2.12. The van der Waals surface area contributed by atoms with Gasteiger partial charge in [-0.2, -0.15) is 0 Å². The maximum absolute atomic E-state index is 13.2. The SMILES string of the molecule is O=C(NCCCc1ccccc1)c1cccc(C(=O)Nc2cccc(F)c2)n1. The monoisotopic (exact) mass is 377 g/mol. The van der Waals surface area contributed by atoms with Crippen LogP contribution >= 0.6 is 0 Å². The summed E-state index contributed by atoms with van der Waals surface area (Å²) in [5, 5.41) is 5.37. The van der Waals surface area contributed by atoms with E-state index in [-0.39, 0.29) is 17.3 Å². The van der Waals surface area contributed by atoms with E-state index >= 15 is 0 Å². The number of hydrogen-bond donors (Lipinski definition) is 2. The van der Waals surface area contributed by atoms with Crippen LogP contribution in [0.4, 0.5) is 10.1 Å². The zero-order valence-corrected chi connectivity index (χ0v) is 15.2. The van der Waals surface area contributed by atoms with Crippen LogP contribution in [0.1, 0.15) is 33.0 Å². The van der Waals surface area contributed by atoms with E-state index in [1.807, 2.05) is 30.3 Å². The number of hydrogen-bond acceptors (Lipinski definition) is 3. The Kier molecular flexibility index (Phi) is 6.46. The van der Waals surface area contributed by atoms with Gasteiger partial charge in [0, 0.05) is 12.2 Å². The maximum atomic E-state index is 13.2. The smallest absolute Gasteiger partial charge is 0.274 e. The van der Waals surface area contributed by atoms with Crippen molar-refractivity contribution in [3.63, 3.8) is 0 Å². The molecular weight excluding hydrogens is 357 g/mol. The molecule has 2 N–H and O–H groups in total. The lowest BCUT2D eigenvalue weighted by molar-refractivity contribution is 0.0948. The molecule has 0 aliphatic carbocycles. The number of nitrogens with one attached hydrogen (secondary N) is 2. The summed E-state index contributed by atoms with van der Waals surface area (Å²) in [6.45, 7) is 0.509. The number of amides is 2. The molecule has 0 radical (unpaired) electrons. The number of carbonyl (C=O) groups excluding carboxylic acids is 2. The molecule has 0 aliphatic rings. The highest BCUT2D eigenvalue weighted by molar-refractivity contribution is 6.03. The van der Waals surface area contributed by atoms with Crippen LogP contribution in [-0.4, -0.2) is 23.3 Å². The van der Waals surface area contributed by atoms with Crippen LogP contribution in [0, 0.1) is 5.82 Å². The standard InChI is InChI=1S/C22H20FN3O2/c23-17-10-4-11-18(15-17)25-22(28)20-13-5-12-19(26-20)21(27)24-14-6-9-16-7-2-1-3-8-16/h1-5,7-8,10-13,15H,6,9,14H2,(H,24,27)(H,25,28). The molecule has 0 spiro atoms. The molecule has 0 saturated carbocycles. The fourth-order valence-corrected chi connectivity index (χ4v) is 2.68. The van der Waals surface area contributed by atoms with Gasteiger partial charge in [-0.05, 0) is 48.7 Å². The first kappa shape index (κ1) is 19.2. The number of benzene rings is 2. The van der Waals surface area contributed by atoms with Gasteiger partial charge in [-0.3, -0.25) is 9.59 Å². The third-order valence-electron chi connectivity index (χ3n) is 4.07. The topological polar surface area (TPSA) is 71.1 Å². The molecule has 3 aromatic rings. The average molecular weight is 377 g/mol. The zero-order valence-electron chi connectivity index (χ0n) is 15.2. The quantitative estimate of drug-likeness (QED) is 0.615. The molecule has 142 valence electrons. The van der Waals surface area contributed by atoms with Crippen LogP contribution < -0.4 is 10.6 Å². The predicted molar refractivity (Wildman–Crippen MR) is 106 cm³/mol. The Morgan fingerprint density at radius 1 is 0.857 bits per heavy atom. The van der Waals surface area contributed by atoms with Gasteiger partial charge in [-0.25, -0.2) is 9.37 Å². The number of carbonyl (C=O) groups is 2. The summed E-state index contributed by atoms with van der Waals surface area (Å²) in [7, 11) is 0. The van der Waals surface area contributed by atoms with Gasteiger partial charge >= 0.3 is 0 Å². The highest BCUT2D eigenvalue weighted by atomic mass is 19.1. The first-order valence-corrected chi connectivity index (χ1v) is 8.98. The number of pyridine rings is 1. The summed E-state index contributed by atoms with van der Waals surface area (Å²) < 4.78 is 13.2. The predicted octanol–water partition coefficient (Wildman–Crippen LogP) is 3.84. The van der Waals surface area contributed by atoms with Crippen molar-refractivity contribution in [1.29, 1.82) is 0 Å². The third-order valence-corrected chi connectivity index (χ3v) is 4.07. The van der Waals surface area contributed by atoms with Crippen molar-refractivity contribution in [2.24, 2.45) is 0 Å². The Hall–Kier alpha value is -3.54. The molecule has 1 heterocycles. The van der Waals surface area contributed by atoms with Crippen molar-refractivity contribution < 1.29 is 14.0 Å². The van der Waals surface area contributed by atoms with E-state index in [9.17, 15) is 14.0 Å². The molecule has 0 atom stereocenters. The molecule has 5 nitrogen and oxygen atoms in total. The van der Waals surface area contributed by atoms with Gasteiger partial charge in [-0.1, -0.05) is 42.5 Å². The third kappa shape index (κ3) is 5.48. The van der Waals surface area contributed by atoms with Crippen LogP contribution in [0.5, 0.6) is 0 Å². The van der Waals surface area contributed by atoms with E-state index in [4.69, 9.17) is 0 Å². The second kappa shape index (κ2) is 9.41. The van der Waals surface area contributed by atoms with Crippen molar-refractivity contribution in [3.05, 3.63) is 95.6 Å². The second-order valence-corrected chi connectivity index (χ2v) is 6.22. The molecular formula is C22H20FN3O2. The molecule has 0 aliphatic heterocycles. The second-order valence-electron chi connectivity index (χ2n) is 6.22. The van der Waals surface area contributed by atoms with Gasteiger partial charge in [0.2, 0.25) is 0 Å². The van der Waals surface area contributed by atoms with Crippen LogP contribution in [0.3, 0.4) is 0 Å². The molecule has 3 rings (SSSR count). The lowest BCUT2D eigenvalue weighted by Gasteiger charge is -2.07. The summed E-state index contributed by atoms with van der Waals surface area (Å²) in [6, 6.07) is 20.2. The number of halogens is 1. The summed E-state index contributed by atoms with van der Waals surface area (Å²) in [6.07, 6.45) is 1.67. The van der Waals surface area contributed by atoms with Crippen LogP contribution in [-0.2, 0) is 6.42 Å². The van der Waals surface area contributed by atoms with E-state index in [0.717, 1.165) is 12.8 Å². The molecule has 2 amide bonds. The molecule has 2 aromatic carbocycles. The van der Waals surface area contributed by atoms with Gasteiger partial charge in [0.25, 0.3) is 11.8 Å². The van der Waals surface area contributed by atoms with Gasteiger partial charge in [0.05, 0.1) is 0 Å². The number of nitrogens with zero attached hydrogens (tertiary/aromatic N) is 1. The van der Waals surface area contributed by atoms with Crippen LogP contribution in [0.25, 0.3) is 0 Å². The minimum absolute atomic E-state index is 0.0844. The first-order chi connectivity index (χ1) is 13.6. The number of aryl methyl sites for hydroxylation is 1. The van der Waals surface area contributed by atoms with Crippen molar-refractivity contribution >= 4 is 17.5 Å². The van der Waals surface area contributed by atoms with Crippen molar-refractivity contribution in [2.75, 3.05) is 11.9 Å². The van der Waals surface area contributed by atoms with E-state index in [0.29, 0.717) is 12.2 Å². The Bertz CT molecular complexity index is 961. The molecule has 0 fully saturated rings. The Balaban J connectivity index is 1.54. The number of anilines is 1. The van der Waals surface area contributed by atoms with Crippen LogP contribution in [0.15, 0.2) is 72.8 Å². The minimum atomic E-state index is -0.510. The van der Waals surface area contributed by atoms with E-state index < -0.39 is 11.7 Å². The molecule has 28 heavy (non-hydrogen) atoms. The summed E-state index contributed by atoms with van der Waals surface area (Å²) in [4.78, 5) is 28.7. The Labute approximate surface area is 162 Å².